The van der Waals surface area contributed by atoms with Gasteiger partial charge in [0.25, 0.3) is 6.01 Å². The molecule has 0 atom stereocenters. The van der Waals surface area contributed by atoms with Crippen LogP contribution in [-0.2, 0) is 4.79 Å². The lowest BCUT2D eigenvalue weighted by Gasteiger charge is -2.14. The fraction of sp³-hybridized carbons (Fsp3) is 0.500. The molecule has 1 aromatic heterocycles. The molecule has 1 amide bonds. The third-order valence-electron chi connectivity index (χ3n) is 2.57. The van der Waals surface area contributed by atoms with Crippen LogP contribution in [0.3, 0.4) is 0 Å². The van der Waals surface area contributed by atoms with E-state index in [1.165, 1.54) is 0 Å². The number of carboxylic acid groups (broad SMARTS) is 1. The van der Waals surface area contributed by atoms with E-state index in [0.717, 1.165) is 32.2 Å². The van der Waals surface area contributed by atoms with Crippen molar-refractivity contribution < 1.29 is 19.1 Å². The molecular weight excluding hydrogens is 226 g/mol. The molecule has 1 aliphatic heterocycles. The summed E-state index contributed by atoms with van der Waals surface area (Å²) in [5.74, 6) is -1.19. The van der Waals surface area contributed by atoms with Crippen molar-refractivity contribution in [1.82, 2.24) is 9.88 Å². The second-order valence-corrected chi connectivity index (χ2v) is 3.78. The van der Waals surface area contributed by atoms with Gasteiger partial charge in [-0.2, -0.15) is 4.98 Å². The zero-order valence-corrected chi connectivity index (χ0v) is 9.18. The zero-order valence-electron chi connectivity index (χ0n) is 9.18. The molecule has 92 valence electrons. The number of anilines is 1. The van der Waals surface area contributed by atoms with Crippen LogP contribution in [-0.4, -0.2) is 46.5 Å². The highest BCUT2D eigenvalue weighted by Crippen LogP contribution is 2.09. The number of hydrogen-bond acceptors (Lipinski definition) is 5. The van der Waals surface area contributed by atoms with Crippen LogP contribution in [0.2, 0.25) is 0 Å². The van der Waals surface area contributed by atoms with E-state index in [1.54, 1.807) is 4.90 Å². The van der Waals surface area contributed by atoms with Gasteiger partial charge in [-0.25, -0.2) is 4.79 Å². The van der Waals surface area contributed by atoms with E-state index >= 15 is 0 Å². The summed E-state index contributed by atoms with van der Waals surface area (Å²) in [5, 5.41) is 11.3. The number of carbonyl (C=O) groups is 2. The van der Waals surface area contributed by atoms with E-state index in [1.807, 2.05) is 0 Å². The highest BCUT2D eigenvalue weighted by molar-refractivity contribution is 5.85. The fourth-order valence-corrected chi connectivity index (χ4v) is 1.68. The molecule has 0 saturated carbocycles. The van der Waals surface area contributed by atoms with E-state index < -0.39 is 5.97 Å². The first-order chi connectivity index (χ1) is 8.16. The SMILES string of the molecule is O=C(O)c1coc(NCC(=O)N2CCCC2)n1. The molecule has 7 heteroatoms. The van der Waals surface area contributed by atoms with Gasteiger partial charge in [0.15, 0.2) is 5.69 Å². The summed E-state index contributed by atoms with van der Waals surface area (Å²) in [5.41, 5.74) is -0.180. The van der Waals surface area contributed by atoms with Gasteiger partial charge in [-0.1, -0.05) is 0 Å². The van der Waals surface area contributed by atoms with E-state index in [9.17, 15) is 9.59 Å². The highest BCUT2D eigenvalue weighted by Gasteiger charge is 2.18. The molecule has 1 saturated heterocycles. The van der Waals surface area contributed by atoms with E-state index in [4.69, 9.17) is 9.52 Å². The average molecular weight is 239 g/mol. The van der Waals surface area contributed by atoms with Gasteiger partial charge in [0, 0.05) is 13.1 Å². The Morgan fingerprint density at radius 1 is 1.47 bits per heavy atom. The van der Waals surface area contributed by atoms with Crippen LogP contribution in [0.5, 0.6) is 0 Å². The summed E-state index contributed by atoms with van der Waals surface area (Å²) < 4.78 is 4.87. The van der Waals surface area contributed by atoms with Crippen LogP contribution in [0.15, 0.2) is 10.7 Å². The maximum absolute atomic E-state index is 11.6. The number of nitrogens with zero attached hydrogens (tertiary/aromatic N) is 2. The van der Waals surface area contributed by atoms with Gasteiger partial charge in [-0.05, 0) is 12.8 Å². The monoisotopic (exact) mass is 239 g/mol. The summed E-state index contributed by atoms with van der Waals surface area (Å²) in [6.45, 7) is 1.64. The van der Waals surface area contributed by atoms with Crippen LogP contribution < -0.4 is 5.32 Å². The summed E-state index contributed by atoms with van der Waals surface area (Å²) in [4.78, 5) is 27.6. The number of likely N-dealkylation sites (tertiary alicyclic amines) is 1. The Morgan fingerprint density at radius 3 is 2.76 bits per heavy atom. The number of rotatable bonds is 4. The van der Waals surface area contributed by atoms with Gasteiger partial charge in [0.1, 0.15) is 6.26 Å². The molecule has 0 aliphatic carbocycles. The Hall–Kier alpha value is -2.05. The molecule has 7 nitrogen and oxygen atoms in total. The largest absolute Gasteiger partial charge is 0.476 e. The second kappa shape index (κ2) is 4.86. The first-order valence-electron chi connectivity index (χ1n) is 5.37. The number of nitrogens with one attached hydrogen (secondary N) is 1. The fourth-order valence-electron chi connectivity index (χ4n) is 1.68. The Bertz CT molecular complexity index is 423. The predicted molar refractivity (Wildman–Crippen MR) is 57.8 cm³/mol. The van der Waals surface area contributed by atoms with Crippen LogP contribution in [0.25, 0.3) is 0 Å². The molecule has 1 fully saturated rings. The molecule has 17 heavy (non-hydrogen) atoms. The third kappa shape index (κ3) is 2.74. The van der Waals surface area contributed by atoms with E-state index in [0.29, 0.717) is 0 Å². The van der Waals surface area contributed by atoms with Gasteiger partial charge < -0.3 is 19.7 Å². The number of amides is 1. The number of oxazole rings is 1. The molecule has 0 spiro atoms. The summed E-state index contributed by atoms with van der Waals surface area (Å²) >= 11 is 0. The summed E-state index contributed by atoms with van der Waals surface area (Å²) in [6.07, 6.45) is 3.10. The van der Waals surface area contributed by atoms with Crippen molar-refractivity contribution in [1.29, 1.82) is 0 Å². The molecule has 0 radical (unpaired) electrons. The predicted octanol–water partition coefficient (Wildman–Crippen LogP) is 0.407. The maximum Gasteiger partial charge on any atom is 0.357 e. The van der Waals surface area contributed by atoms with Gasteiger partial charge in [-0.3, -0.25) is 4.79 Å². The molecule has 2 rings (SSSR count). The molecule has 0 unspecified atom stereocenters. The van der Waals surface area contributed by atoms with Crippen molar-refractivity contribution in [3.05, 3.63) is 12.0 Å². The van der Waals surface area contributed by atoms with Gasteiger partial charge in [0.2, 0.25) is 5.91 Å². The Balaban J connectivity index is 1.84. The van der Waals surface area contributed by atoms with Crippen LogP contribution in [0, 0.1) is 0 Å². The number of carboxylic acids is 1. The van der Waals surface area contributed by atoms with Crippen molar-refractivity contribution in [3.8, 4) is 0 Å². The zero-order chi connectivity index (χ0) is 12.3. The van der Waals surface area contributed by atoms with Crippen molar-refractivity contribution in [2.75, 3.05) is 25.0 Å². The number of hydrogen-bond donors (Lipinski definition) is 2. The average Bonchev–Trinajstić information content (AvgIpc) is 2.97. The van der Waals surface area contributed by atoms with Crippen molar-refractivity contribution >= 4 is 17.9 Å². The molecule has 1 aliphatic rings. The molecule has 2 heterocycles. The van der Waals surface area contributed by atoms with Crippen molar-refractivity contribution in [2.45, 2.75) is 12.8 Å². The number of carbonyl (C=O) groups excluding carboxylic acids is 1. The maximum atomic E-state index is 11.6. The molecule has 0 bridgehead atoms. The second-order valence-electron chi connectivity index (χ2n) is 3.78. The topological polar surface area (TPSA) is 95.7 Å². The number of aromatic nitrogens is 1. The lowest BCUT2D eigenvalue weighted by Crippen LogP contribution is -2.33. The van der Waals surface area contributed by atoms with E-state index in [-0.39, 0.29) is 24.2 Å². The van der Waals surface area contributed by atoms with Gasteiger partial charge >= 0.3 is 5.97 Å². The minimum absolute atomic E-state index is 0.0300. The Labute approximate surface area is 97.4 Å². The molecular formula is C10H13N3O4. The van der Waals surface area contributed by atoms with Gasteiger partial charge in [-0.15, -0.1) is 0 Å². The Kier molecular flexibility index (Phi) is 3.27. The minimum Gasteiger partial charge on any atom is -0.476 e. The minimum atomic E-state index is -1.16. The lowest BCUT2D eigenvalue weighted by atomic mass is 10.4. The Morgan fingerprint density at radius 2 is 2.18 bits per heavy atom. The quantitative estimate of drug-likeness (QED) is 0.789. The lowest BCUT2D eigenvalue weighted by molar-refractivity contribution is -0.128. The first-order valence-corrected chi connectivity index (χ1v) is 5.37. The standard InChI is InChI=1S/C10H13N3O4/c14-8(13-3-1-2-4-13)5-11-10-12-7(6-17-10)9(15)16/h6H,1-5H2,(H,11,12)(H,15,16). The highest BCUT2D eigenvalue weighted by atomic mass is 16.4. The molecule has 0 aromatic carbocycles. The summed E-state index contributed by atoms with van der Waals surface area (Å²) in [7, 11) is 0. The molecule has 2 N–H and O–H groups in total. The van der Waals surface area contributed by atoms with Crippen molar-refractivity contribution in [2.24, 2.45) is 0 Å². The molecule has 1 aromatic rings. The normalized spacial score (nSPS) is 14.9. The van der Waals surface area contributed by atoms with E-state index in [2.05, 4.69) is 10.3 Å². The van der Waals surface area contributed by atoms with Crippen LogP contribution in [0.4, 0.5) is 6.01 Å². The first kappa shape index (κ1) is 11.4. The van der Waals surface area contributed by atoms with Crippen LogP contribution >= 0.6 is 0 Å². The van der Waals surface area contributed by atoms with Gasteiger partial charge in [0.05, 0.1) is 6.54 Å². The summed E-state index contributed by atoms with van der Waals surface area (Å²) in [6, 6.07) is 0.0509. The van der Waals surface area contributed by atoms with Crippen molar-refractivity contribution in [3.63, 3.8) is 0 Å². The number of aromatic carboxylic acids is 1. The van der Waals surface area contributed by atoms with Crippen LogP contribution in [0.1, 0.15) is 23.3 Å². The third-order valence-corrected chi connectivity index (χ3v) is 2.57. The smallest absolute Gasteiger partial charge is 0.357 e.